The molecule has 2 aromatic heterocycles. The van der Waals surface area contributed by atoms with Gasteiger partial charge in [0.25, 0.3) is 0 Å². The van der Waals surface area contributed by atoms with E-state index in [-0.39, 0.29) is 0 Å². The molecule has 0 fully saturated rings. The molecule has 1 aromatic carbocycles. The molecule has 15 heavy (non-hydrogen) atoms. The molecule has 0 aliphatic carbocycles. The van der Waals surface area contributed by atoms with Gasteiger partial charge in [-0.3, -0.25) is 5.10 Å². The Morgan fingerprint density at radius 2 is 2.13 bits per heavy atom. The van der Waals surface area contributed by atoms with Gasteiger partial charge in [-0.05, 0) is 11.5 Å². The molecule has 5 heteroatoms. The van der Waals surface area contributed by atoms with Crippen LogP contribution in [0.2, 0.25) is 0 Å². The summed E-state index contributed by atoms with van der Waals surface area (Å²) < 4.78 is 5.32. The number of nitrogen functional groups attached to an aromatic ring is 1. The molecule has 0 aliphatic heterocycles. The number of benzene rings is 1. The Morgan fingerprint density at radius 1 is 1.20 bits per heavy atom. The predicted octanol–water partition coefficient (Wildman–Crippen LogP) is 2.27. The molecule has 2 heterocycles. The smallest absolute Gasteiger partial charge is 0.126 e. The number of fused-ring (bicyclic) bond motifs is 1. The third-order valence-electron chi connectivity index (χ3n) is 2.34. The standard InChI is InChI=1S/C10H8N4S/c11-10-8(5-12-14-10)7-3-1-2-6-4-13-15-9(6)7/h1-5H,(H3,11,12,14). The lowest BCUT2D eigenvalue weighted by Crippen LogP contribution is -1.87. The topological polar surface area (TPSA) is 67.6 Å². The van der Waals surface area contributed by atoms with Crippen LogP contribution in [-0.2, 0) is 0 Å². The van der Waals surface area contributed by atoms with Gasteiger partial charge in [-0.15, -0.1) is 0 Å². The zero-order valence-corrected chi connectivity index (χ0v) is 8.58. The molecule has 3 rings (SSSR count). The molecule has 0 spiro atoms. The van der Waals surface area contributed by atoms with Crippen LogP contribution < -0.4 is 5.73 Å². The van der Waals surface area contributed by atoms with E-state index in [4.69, 9.17) is 5.73 Å². The highest BCUT2D eigenvalue weighted by molar-refractivity contribution is 7.13. The lowest BCUT2D eigenvalue weighted by Gasteiger charge is -1.99. The van der Waals surface area contributed by atoms with Crippen LogP contribution in [0.5, 0.6) is 0 Å². The van der Waals surface area contributed by atoms with Gasteiger partial charge in [-0.2, -0.15) is 9.47 Å². The van der Waals surface area contributed by atoms with E-state index in [9.17, 15) is 0 Å². The Labute approximate surface area is 89.9 Å². The monoisotopic (exact) mass is 216 g/mol. The highest BCUT2D eigenvalue weighted by atomic mass is 32.1. The van der Waals surface area contributed by atoms with Gasteiger partial charge in [0.05, 0.1) is 10.9 Å². The molecule has 0 atom stereocenters. The maximum atomic E-state index is 5.80. The number of aromatic nitrogens is 3. The van der Waals surface area contributed by atoms with E-state index >= 15 is 0 Å². The first-order valence-electron chi connectivity index (χ1n) is 4.49. The third-order valence-corrected chi connectivity index (χ3v) is 3.19. The third kappa shape index (κ3) is 1.20. The average Bonchev–Trinajstić information content (AvgIpc) is 2.85. The highest BCUT2D eigenvalue weighted by Gasteiger charge is 2.09. The zero-order valence-electron chi connectivity index (χ0n) is 7.77. The van der Waals surface area contributed by atoms with E-state index in [1.807, 2.05) is 24.4 Å². The highest BCUT2D eigenvalue weighted by Crippen LogP contribution is 2.33. The minimum absolute atomic E-state index is 0.593. The molecule has 0 radical (unpaired) electrons. The van der Waals surface area contributed by atoms with Gasteiger partial charge in [0, 0.05) is 22.7 Å². The predicted molar refractivity (Wildman–Crippen MR) is 61.6 cm³/mol. The Morgan fingerprint density at radius 3 is 2.93 bits per heavy atom. The fourth-order valence-electron chi connectivity index (χ4n) is 1.62. The number of nitrogens with zero attached hydrogens (tertiary/aromatic N) is 2. The maximum Gasteiger partial charge on any atom is 0.126 e. The summed E-state index contributed by atoms with van der Waals surface area (Å²) in [4.78, 5) is 0. The van der Waals surface area contributed by atoms with Crippen molar-refractivity contribution in [2.24, 2.45) is 0 Å². The minimum Gasteiger partial charge on any atom is -0.384 e. The Kier molecular flexibility index (Phi) is 1.72. The average molecular weight is 216 g/mol. The van der Waals surface area contributed by atoms with Gasteiger partial charge in [-0.25, -0.2) is 0 Å². The van der Waals surface area contributed by atoms with Gasteiger partial charge in [-0.1, -0.05) is 18.2 Å². The molecule has 0 amide bonds. The van der Waals surface area contributed by atoms with Crippen molar-refractivity contribution in [3.8, 4) is 11.1 Å². The summed E-state index contributed by atoms with van der Waals surface area (Å²) in [5.41, 5.74) is 7.82. The van der Waals surface area contributed by atoms with E-state index in [1.165, 1.54) is 11.5 Å². The molecule has 4 nitrogen and oxygen atoms in total. The van der Waals surface area contributed by atoms with Crippen molar-refractivity contribution >= 4 is 27.4 Å². The van der Waals surface area contributed by atoms with Gasteiger partial charge >= 0.3 is 0 Å². The lowest BCUT2D eigenvalue weighted by atomic mass is 10.1. The second-order valence-electron chi connectivity index (χ2n) is 3.25. The number of aromatic amines is 1. The number of H-pyrrole nitrogens is 1. The number of hydrogen-bond acceptors (Lipinski definition) is 4. The van der Waals surface area contributed by atoms with Crippen LogP contribution in [0.25, 0.3) is 21.2 Å². The SMILES string of the molecule is Nc1[nH]ncc1-c1cccc2cnsc12. The number of nitrogens with two attached hydrogens (primary N) is 1. The van der Waals surface area contributed by atoms with Crippen LogP contribution >= 0.6 is 11.5 Å². The fraction of sp³-hybridized carbons (Fsp3) is 0. The second kappa shape index (κ2) is 3.06. The van der Waals surface area contributed by atoms with Crippen molar-refractivity contribution < 1.29 is 0 Å². The number of anilines is 1. The van der Waals surface area contributed by atoms with E-state index in [1.54, 1.807) is 6.20 Å². The summed E-state index contributed by atoms with van der Waals surface area (Å²) in [5.74, 6) is 0.593. The van der Waals surface area contributed by atoms with Crippen molar-refractivity contribution in [1.82, 2.24) is 14.6 Å². The van der Waals surface area contributed by atoms with E-state index in [2.05, 4.69) is 14.6 Å². The molecule has 0 saturated carbocycles. The molecule has 74 valence electrons. The van der Waals surface area contributed by atoms with Crippen LogP contribution in [0, 0.1) is 0 Å². The van der Waals surface area contributed by atoms with Crippen LogP contribution in [0.3, 0.4) is 0 Å². The molecule has 3 N–H and O–H groups in total. The molecule has 0 bridgehead atoms. The van der Waals surface area contributed by atoms with Crippen LogP contribution in [0.1, 0.15) is 0 Å². The normalized spacial score (nSPS) is 10.9. The van der Waals surface area contributed by atoms with E-state index in [0.717, 1.165) is 21.2 Å². The largest absolute Gasteiger partial charge is 0.384 e. The van der Waals surface area contributed by atoms with Gasteiger partial charge in [0.2, 0.25) is 0 Å². The first-order valence-corrected chi connectivity index (χ1v) is 5.26. The summed E-state index contributed by atoms with van der Waals surface area (Å²) in [5, 5.41) is 7.80. The van der Waals surface area contributed by atoms with Gasteiger partial charge in [0.1, 0.15) is 5.82 Å². The fourth-order valence-corrected chi connectivity index (χ4v) is 2.39. The quantitative estimate of drug-likeness (QED) is 0.655. The van der Waals surface area contributed by atoms with E-state index < -0.39 is 0 Å². The second-order valence-corrected chi connectivity index (χ2v) is 4.05. The van der Waals surface area contributed by atoms with Crippen molar-refractivity contribution in [3.05, 3.63) is 30.6 Å². The van der Waals surface area contributed by atoms with Crippen molar-refractivity contribution in [3.63, 3.8) is 0 Å². The van der Waals surface area contributed by atoms with Crippen molar-refractivity contribution in [2.75, 3.05) is 5.73 Å². The number of nitrogens with one attached hydrogen (secondary N) is 1. The first kappa shape index (κ1) is 8.43. The van der Waals surface area contributed by atoms with Gasteiger partial charge < -0.3 is 5.73 Å². The molecule has 0 unspecified atom stereocenters. The molecule has 3 aromatic rings. The van der Waals surface area contributed by atoms with Crippen LogP contribution in [0.4, 0.5) is 5.82 Å². The summed E-state index contributed by atoms with van der Waals surface area (Å²) >= 11 is 1.47. The van der Waals surface area contributed by atoms with Gasteiger partial charge in [0.15, 0.2) is 0 Å². The Hall–Kier alpha value is -1.88. The minimum atomic E-state index is 0.593. The molecule has 0 saturated heterocycles. The lowest BCUT2D eigenvalue weighted by molar-refractivity contribution is 1.10. The van der Waals surface area contributed by atoms with Crippen LogP contribution in [0.15, 0.2) is 30.6 Å². The Bertz CT molecular complexity index is 610. The first-order chi connectivity index (χ1) is 7.36. The molecular weight excluding hydrogens is 208 g/mol. The zero-order chi connectivity index (χ0) is 10.3. The molecular formula is C10H8N4S. The number of hydrogen-bond donors (Lipinski definition) is 2. The Balaban J connectivity index is 2.36. The summed E-state index contributed by atoms with van der Waals surface area (Å²) in [6.07, 6.45) is 3.60. The number of rotatable bonds is 1. The summed E-state index contributed by atoms with van der Waals surface area (Å²) in [6.45, 7) is 0. The van der Waals surface area contributed by atoms with Crippen molar-refractivity contribution in [1.29, 1.82) is 0 Å². The van der Waals surface area contributed by atoms with Crippen LogP contribution in [-0.4, -0.2) is 14.6 Å². The molecule has 0 aliphatic rings. The maximum absolute atomic E-state index is 5.80. The summed E-state index contributed by atoms with van der Waals surface area (Å²) in [6, 6.07) is 6.07. The van der Waals surface area contributed by atoms with E-state index in [0.29, 0.717) is 5.82 Å². The van der Waals surface area contributed by atoms with Crippen molar-refractivity contribution in [2.45, 2.75) is 0 Å². The summed E-state index contributed by atoms with van der Waals surface area (Å²) in [7, 11) is 0.